The predicted molar refractivity (Wildman–Crippen MR) is 105 cm³/mol. The quantitative estimate of drug-likeness (QED) is 0.644. The average Bonchev–Trinajstić information content (AvgIpc) is 2.73. The molecule has 0 bridgehead atoms. The van der Waals surface area contributed by atoms with Crippen LogP contribution >= 0.6 is 0 Å². The molecule has 0 fully saturated rings. The predicted octanol–water partition coefficient (Wildman–Crippen LogP) is 3.07. The summed E-state index contributed by atoms with van der Waals surface area (Å²) in [5.41, 5.74) is 2.52. The first-order valence-corrected chi connectivity index (χ1v) is 8.76. The molecule has 3 aromatic rings. The smallest absolute Gasteiger partial charge is 0.270 e. The van der Waals surface area contributed by atoms with Crippen LogP contribution in [-0.2, 0) is 13.0 Å². The molecule has 1 heterocycles. The fraction of sp³-hybridized carbons (Fsp3) is 0.190. The van der Waals surface area contributed by atoms with Gasteiger partial charge in [-0.25, -0.2) is 9.97 Å². The number of ether oxygens (including phenoxy) is 1. The van der Waals surface area contributed by atoms with E-state index in [2.05, 4.69) is 20.6 Å². The molecule has 0 aliphatic carbocycles. The highest BCUT2D eigenvalue weighted by Crippen LogP contribution is 2.17. The van der Waals surface area contributed by atoms with Crippen LogP contribution in [-0.4, -0.2) is 29.5 Å². The summed E-state index contributed by atoms with van der Waals surface area (Å²) in [6.45, 7) is 1.13. The van der Waals surface area contributed by atoms with E-state index in [1.807, 2.05) is 54.6 Å². The number of hydrogen-bond donors (Lipinski definition) is 2. The molecule has 0 saturated carbocycles. The van der Waals surface area contributed by atoms with E-state index in [4.69, 9.17) is 4.74 Å². The summed E-state index contributed by atoms with van der Waals surface area (Å²) in [7, 11) is 1.64. The number of benzene rings is 2. The highest BCUT2D eigenvalue weighted by Gasteiger charge is 2.09. The van der Waals surface area contributed by atoms with Crippen molar-refractivity contribution in [1.29, 1.82) is 0 Å². The van der Waals surface area contributed by atoms with Gasteiger partial charge < -0.3 is 15.4 Å². The topological polar surface area (TPSA) is 76.1 Å². The molecule has 0 saturated heterocycles. The fourth-order valence-electron chi connectivity index (χ4n) is 2.68. The van der Waals surface area contributed by atoms with Gasteiger partial charge in [0.1, 0.15) is 23.6 Å². The minimum absolute atomic E-state index is 0.227. The van der Waals surface area contributed by atoms with Crippen LogP contribution in [0.3, 0.4) is 0 Å². The number of anilines is 1. The lowest BCUT2D eigenvalue weighted by atomic mass is 10.1. The Kier molecular flexibility index (Phi) is 6.35. The van der Waals surface area contributed by atoms with Crippen molar-refractivity contribution in [2.75, 3.05) is 19.0 Å². The van der Waals surface area contributed by atoms with E-state index in [1.54, 1.807) is 13.2 Å². The zero-order valence-corrected chi connectivity index (χ0v) is 15.2. The number of para-hydroxylation sites is 1. The van der Waals surface area contributed by atoms with Crippen LogP contribution in [0.4, 0.5) is 5.82 Å². The van der Waals surface area contributed by atoms with Crippen molar-refractivity contribution in [2.45, 2.75) is 13.0 Å². The van der Waals surface area contributed by atoms with Gasteiger partial charge in [0.05, 0.1) is 7.11 Å². The van der Waals surface area contributed by atoms with Gasteiger partial charge in [0.2, 0.25) is 0 Å². The summed E-state index contributed by atoms with van der Waals surface area (Å²) in [6.07, 6.45) is 2.07. The normalized spacial score (nSPS) is 10.3. The molecule has 0 unspecified atom stereocenters. The molecule has 0 atom stereocenters. The Morgan fingerprint density at radius 1 is 1.04 bits per heavy atom. The number of nitrogens with zero attached hydrogens (tertiary/aromatic N) is 2. The van der Waals surface area contributed by atoms with E-state index >= 15 is 0 Å². The van der Waals surface area contributed by atoms with Crippen LogP contribution in [0.2, 0.25) is 0 Å². The molecule has 0 aliphatic heterocycles. The van der Waals surface area contributed by atoms with Crippen molar-refractivity contribution >= 4 is 11.7 Å². The van der Waals surface area contributed by atoms with E-state index in [1.165, 1.54) is 6.33 Å². The van der Waals surface area contributed by atoms with Crippen LogP contribution < -0.4 is 15.4 Å². The summed E-state index contributed by atoms with van der Waals surface area (Å²) >= 11 is 0. The molecule has 1 amide bonds. The maximum atomic E-state index is 12.4. The second-order valence-corrected chi connectivity index (χ2v) is 5.95. The maximum Gasteiger partial charge on any atom is 0.270 e. The van der Waals surface area contributed by atoms with E-state index in [0.717, 1.165) is 16.9 Å². The molecule has 2 aromatic carbocycles. The summed E-state index contributed by atoms with van der Waals surface area (Å²) in [5, 5.41) is 6.09. The van der Waals surface area contributed by atoms with Gasteiger partial charge in [0, 0.05) is 19.2 Å². The van der Waals surface area contributed by atoms with Crippen LogP contribution in [0.25, 0.3) is 0 Å². The molecule has 2 N–H and O–H groups in total. The van der Waals surface area contributed by atoms with Crippen LogP contribution in [0.5, 0.6) is 5.75 Å². The van der Waals surface area contributed by atoms with E-state index in [0.29, 0.717) is 31.0 Å². The maximum absolute atomic E-state index is 12.4. The molecule has 1 aromatic heterocycles. The lowest BCUT2D eigenvalue weighted by molar-refractivity contribution is 0.0949. The van der Waals surface area contributed by atoms with Crippen molar-refractivity contribution in [3.8, 4) is 5.75 Å². The molecule has 3 rings (SSSR count). The highest BCUT2D eigenvalue weighted by atomic mass is 16.5. The molecule has 27 heavy (non-hydrogen) atoms. The first-order valence-electron chi connectivity index (χ1n) is 8.76. The number of hydrogen-bond acceptors (Lipinski definition) is 5. The van der Waals surface area contributed by atoms with Gasteiger partial charge >= 0.3 is 0 Å². The Morgan fingerprint density at radius 3 is 2.63 bits per heavy atom. The molecule has 6 nitrogen and oxygen atoms in total. The van der Waals surface area contributed by atoms with E-state index < -0.39 is 0 Å². The van der Waals surface area contributed by atoms with Gasteiger partial charge in [-0.3, -0.25) is 4.79 Å². The van der Waals surface area contributed by atoms with Crippen LogP contribution in [0.1, 0.15) is 21.6 Å². The van der Waals surface area contributed by atoms with E-state index in [-0.39, 0.29) is 5.91 Å². The van der Waals surface area contributed by atoms with Crippen molar-refractivity contribution in [1.82, 2.24) is 15.3 Å². The number of carbonyl (C=O) groups excluding carboxylic acids is 1. The minimum atomic E-state index is -0.227. The zero-order chi connectivity index (χ0) is 18.9. The van der Waals surface area contributed by atoms with Gasteiger partial charge in [0.15, 0.2) is 0 Å². The van der Waals surface area contributed by atoms with Gasteiger partial charge in [-0.05, 0) is 23.6 Å². The van der Waals surface area contributed by atoms with Crippen molar-refractivity contribution < 1.29 is 9.53 Å². The number of amides is 1. The van der Waals surface area contributed by atoms with Gasteiger partial charge in [-0.15, -0.1) is 0 Å². The number of nitrogens with one attached hydrogen (secondary N) is 2. The molecular weight excluding hydrogens is 340 g/mol. The summed E-state index contributed by atoms with van der Waals surface area (Å²) in [6, 6.07) is 19.4. The minimum Gasteiger partial charge on any atom is -0.496 e. The molecule has 138 valence electrons. The number of rotatable bonds is 8. The zero-order valence-electron chi connectivity index (χ0n) is 15.2. The standard InChI is InChI=1S/C21H22N4O2/c1-27-19-10-6-5-9-17(19)11-12-22-21(26)18-13-20(25-15-24-18)23-14-16-7-3-2-4-8-16/h2-10,13,15H,11-12,14H2,1H3,(H,22,26)(H,23,24,25). The Balaban J connectivity index is 1.54. The lowest BCUT2D eigenvalue weighted by Gasteiger charge is -2.09. The van der Waals surface area contributed by atoms with Gasteiger partial charge in [-0.1, -0.05) is 48.5 Å². The Bertz CT molecular complexity index is 884. The number of methoxy groups -OCH3 is 1. The Hall–Kier alpha value is -3.41. The second-order valence-electron chi connectivity index (χ2n) is 5.95. The van der Waals surface area contributed by atoms with Gasteiger partial charge in [-0.2, -0.15) is 0 Å². The summed E-state index contributed by atoms with van der Waals surface area (Å²) in [4.78, 5) is 20.6. The SMILES string of the molecule is COc1ccccc1CCNC(=O)c1cc(NCc2ccccc2)ncn1. The molecule has 0 aliphatic rings. The summed E-state index contributed by atoms with van der Waals surface area (Å²) in [5.74, 6) is 1.21. The molecule has 0 spiro atoms. The highest BCUT2D eigenvalue weighted by molar-refractivity contribution is 5.92. The number of aromatic nitrogens is 2. The number of carbonyl (C=O) groups is 1. The first-order chi connectivity index (χ1) is 13.3. The van der Waals surface area contributed by atoms with Crippen molar-refractivity contribution in [3.63, 3.8) is 0 Å². The molecule has 6 heteroatoms. The van der Waals surface area contributed by atoms with Crippen LogP contribution in [0.15, 0.2) is 67.0 Å². The lowest BCUT2D eigenvalue weighted by Crippen LogP contribution is -2.26. The Labute approximate surface area is 158 Å². The largest absolute Gasteiger partial charge is 0.496 e. The third-order valence-corrected chi connectivity index (χ3v) is 4.09. The monoisotopic (exact) mass is 362 g/mol. The second kappa shape index (κ2) is 9.33. The summed E-state index contributed by atoms with van der Waals surface area (Å²) < 4.78 is 5.33. The van der Waals surface area contributed by atoms with E-state index in [9.17, 15) is 4.79 Å². The fourth-order valence-corrected chi connectivity index (χ4v) is 2.68. The van der Waals surface area contributed by atoms with Crippen molar-refractivity contribution in [2.24, 2.45) is 0 Å². The molecule has 0 radical (unpaired) electrons. The van der Waals surface area contributed by atoms with Gasteiger partial charge in [0.25, 0.3) is 5.91 Å². The van der Waals surface area contributed by atoms with Crippen LogP contribution in [0, 0.1) is 0 Å². The van der Waals surface area contributed by atoms with Crippen molar-refractivity contribution in [3.05, 3.63) is 83.8 Å². The third kappa shape index (κ3) is 5.28. The first kappa shape index (κ1) is 18.4. The Morgan fingerprint density at radius 2 is 1.81 bits per heavy atom. The average molecular weight is 362 g/mol. The third-order valence-electron chi connectivity index (χ3n) is 4.09. The molecular formula is C21H22N4O2.